The maximum absolute atomic E-state index is 12.5. The van der Waals surface area contributed by atoms with E-state index in [1.54, 1.807) is 4.90 Å². The van der Waals surface area contributed by atoms with Crippen molar-refractivity contribution in [1.82, 2.24) is 0 Å². The highest BCUT2D eigenvalue weighted by molar-refractivity contribution is 5.91. The minimum atomic E-state index is 0.0429. The fourth-order valence-corrected chi connectivity index (χ4v) is 4.43. The summed E-state index contributed by atoms with van der Waals surface area (Å²) in [5.41, 5.74) is 2.16. The first-order chi connectivity index (χ1) is 14.7. The van der Waals surface area contributed by atoms with E-state index in [0.29, 0.717) is 12.3 Å². The average Bonchev–Trinajstić information content (AvgIpc) is 3.23. The molecule has 1 saturated heterocycles. The number of carbonyl (C=O) groups excluding carboxylic acids is 1. The molecule has 3 aromatic carbocycles. The van der Waals surface area contributed by atoms with Gasteiger partial charge in [0.25, 0.3) is 5.91 Å². The third kappa shape index (κ3) is 4.10. The number of anilines is 1. The van der Waals surface area contributed by atoms with Crippen molar-refractivity contribution in [3.63, 3.8) is 0 Å². The van der Waals surface area contributed by atoms with Crippen LogP contribution in [0.25, 0.3) is 10.8 Å². The number of amides is 1. The molecular weight excluding hydrogens is 378 g/mol. The Labute approximate surface area is 176 Å². The Bertz CT molecular complexity index is 1060. The minimum absolute atomic E-state index is 0.0429. The van der Waals surface area contributed by atoms with Crippen molar-refractivity contribution in [2.75, 3.05) is 44.8 Å². The molecule has 0 unspecified atom stereocenters. The van der Waals surface area contributed by atoms with Gasteiger partial charge in [-0.05, 0) is 22.9 Å². The Kier molecular flexibility index (Phi) is 5.26. The van der Waals surface area contributed by atoms with Gasteiger partial charge in [-0.3, -0.25) is 4.79 Å². The van der Waals surface area contributed by atoms with Gasteiger partial charge >= 0.3 is 0 Å². The second-order valence-electron chi connectivity index (χ2n) is 8.11. The quantitative estimate of drug-likeness (QED) is 0.579. The van der Waals surface area contributed by atoms with E-state index < -0.39 is 0 Å². The molecular formula is C24H27N3O3+2. The van der Waals surface area contributed by atoms with Gasteiger partial charge in [-0.25, -0.2) is 0 Å². The summed E-state index contributed by atoms with van der Waals surface area (Å²) in [6.07, 6.45) is 0. The second-order valence-corrected chi connectivity index (χ2v) is 8.11. The van der Waals surface area contributed by atoms with E-state index in [-0.39, 0.29) is 12.7 Å². The minimum Gasteiger partial charge on any atom is -0.454 e. The number of hydrogen-bond donors (Lipinski definition) is 3. The van der Waals surface area contributed by atoms with Gasteiger partial charge in [0, 0.05) is 17.3 Å². The number of hydrogen-bond acceptors (Lipinski definition) is 3. The van der Waals surface area contributed by atoms with E-state index in [1.165, 1.54) is 21.2 Å². The molecule has 2 aliphatic heterocycles. The molecule has 6 heteroatoms. The standard InChI is InChI=1S/C24H25N3O3/c28-24(25-20-8-9-22-23(14-20)30-17-29-22)16-27-12-10-26(11-13-27)15-19-6-3-5-18-4-1-2-7-21(18)19/h1-9,14H,10-13,15-17H2,(H,25,28)/p+2. The van der Waals surface area contributed by atoms with Gasteiger partial charge < -0.3 is 24.6 Å². The number of carbonyl (C=O) groups is 1. The topological polar surface area (TPSA) is 56.4 Å². The Morgan fingerprint density at radius 2 is 1.63 bits per heavy atom. The van der Waals surface area contributed by atoms with Gasteiger partial charge in [-0.2, -0.15) is 0 Å². The first-order valence-electron chi connectivity index (χ1n) is 10.6. The fourth-order valence-electron chi connectivity index (χ4n) is 4.43. The zero-order valence-corrected chi connectivity index (χ0v) is 16.9. The van der Waals surface area contributed by atoms with Crippen molar-refractivity contribution in [2.24, 2.45) is 0 Å². The third-order valence-electron chi connectivity index (χ3n) is 6.05. The van der Waals surface area contributed by atoms with E-state index in [4.69, 9.17) is 9.47 Å². The maximum Gasteiger partial charge on any atom is 0.279 e. The molecule has 2 heterocycles. The third-order valence-corrected chi connectivity index (χ3v) is 6.05. The van der Waals surface area contributed by atoms with Gasteiger partial charge in [-0.1, -0.05) is 42.5 Å². The fraction of sp³-hybridized carbons (Fsp3) is 0.292. The van der Waals surface area contributed by atoms with Gasteiger partial charge in [0.2, 0.25) is 6.79 Å². The predicted octanol–water partition coefficient (Wildman–Crippen LogP) is 0.491. The van der Waals surface area contributed by atoms with Crippen LogP contribution in [0.3, 0.4) is 0 Å². The van der Waals surface area contributed by atoms with Crippen LogP contribution < -0.4 is 24.6 Å². The Morgan fingerprint density at radius 1 is 0.867 bits per heavy atom. The number of quaternary nitrogens is 2. The number of ether oxygens (including phenoxy) is 2. The summed E-state index contributed by atoms with van der Waals surface area (Å²) in [6.45, 7) is 5.95. The summed E-state index contributed by atoms with van der Waals surface area (Å²) in [5, 5.41) is 5.64. The lowest BCUT2D eigenvalue weighted by Gasteiger charge is -2.29. The van der Waals surface area contributed by atoms with Crippen molar-refractivity contribution in [3.8, 4) is 11.5 Å². The van der Waals surface area contributed by atoms with Crippen molar-refractivity contribution < 1.29 is 24.1 Å². The van der Waals surface area contributed by atoms with E-state index in [1.807, 2.05) is 18.2 Å². The highest BCUT2D eigenvalue weighted by Crippen LogP contribution is 2.34. The number of rotatable bonds is 5. The largest absolute Gasteiger partial charge is 0.454 e. The molecule has 0 aliphatic carbocycles. The number of benzene rings is 3. The lowest BCUT2D eigenvalue weighted by atomic mass is 10.0. The molecule has 3 N–H and O–H groups in total. The van der Waals surface area contributed by atoms with Gasteiger partial charge in [0.05, 0.1) is 0 Å². The molecule has 154 valence electrons. The van der Waals surface area contributed by atoms with Crippen LogP contribution in [0.1, 0.15) is 5.56 Å². The maximum atomic E-state index is 12.5. The normalized spacial score (nSPS) is 20.3. The average molecular weight is 405 g/mol. The number of piperazine rings is 1. The smallest absolute Gasteiger partial charge is 0.279 e. The van der Waals surface area contributed by atoms with Crippen molar-refractivity contribution in [1.29, 1.82) is 0 Å². The van der Waals surface area contributed by atoms with Crippen LogP contribution in [0.15, 0.2) is 60.7 Å². The summed E-state index contributed by atoms with van der Waals surface area (Å²) in [5.74, 6) is 1.45. The van der Waals surface area contributed by atoms with Crippen LogP contribution in [0.2, 0.25) is 0 Å². The molecule has 0 radical (unpaired) electrons. The molecule has 30 heavy (non-hydrogen) atoms. The van der Waals surface area contributed by atoms with Crippen LogP contribution in [-0.4, -0.2) is 45.4 Å². The molecule has 0 bridgehead atoms. The van der Waals surface area contributed by atoms with E-state index >= 15 is 0 Å². The summed E-state index contributed by atoms with van der Waals surface area (Å²) < 4.78 is 10.7. The molecule has 0 aromatic heterocycles. The molecule has 0 saturated carbocycles. The molecule has 1 fully saturated rings. The molecule has 2 aliphatic rings. The van der Waals surface area contributed by atoms with Crippen molar-refractivity contribution in [2.45, 2.75) is 6.54 Å². The molecule has 1 amide bonds. The summed E-state index contributed by atoms with van der Waals surface area (Å²) in [4.78, 5) is 15.4. The SMILES string of the molecule is O=C(C[NH+]1CC[NH+](Cc2cccc3ccccc23)CC1)Nc1ccc2c(c1)OCO2. The Balaban J connectivity index is 1.13. The Morgan fingerprint density at radius 3 is 2.53 bits per heavy atom. The lowest BCUT2D eigenvalue weighted by Crippen LogP contribution is -3.28. The van der Waals surface area contributed by atoms with Crippen LogP contribution in [0, 0.1) is 0 Å². The molecule has 6 nitrogen and oxygen atoms in total. The van der Waals surface area contributed by atoms with Crippen molar-refractivity contribution >= 4 is 22.4 Å². The van der Waals surface area contributed by atoms with Crippen LogP contribution in [0.5, 0.6) is 11.5 Å². The van der Waals surface area contributed by atoms with E-state index in [0.717, 1.165) is 44.2 Å². The number of fused-ring (bicyclic) bond motifs is 2. The zero-order chi connectivity index (χ0) is 20.3. The zero-order valence-electron chi connectivity index (χ0n) is 16.9. The van der Waals surface area contributed by atoms with Crippen LogP contribution >= 0.6 is 0 Å². The van der Waals surface area contributed by atoms with Gasteiger partial charge in [-0.15, -0.1) is 0 Å². The van der Waals surface area contributed by atoms with Gasteiger partial charge in [0.1, 0.15) is 32.7 Å². The summed E-state index contributed by atoms with van der Waals surface area (Å²) in [7, 11) is 0. The number of nitrogens with one attached hydrogen (secondary N) is 3. The summed E-state index contributed by atoms with van der Waals surface area (Å²) in [6, 6.07) is 20.7. The highest BCUT2D eigenvalue weighted by atomic mass is 16.7. The van der Waals surface area contributed by atoms with Gasteiger partial charge in [0.15, 0.2) is 18.0 Å². The predicted molar refractivity (Wildman–Crippen MR) is 115 cm³/mol. The van der Waals surface area contributed by atoms with E-state index in [2.05, 4.69) is 47.8 Å². The van der Waals surface area contributed by atoms with Crippen LogP contribution in [-0.2, 0) is 11.3 Å². The Hall–Kier alpha value is -3.09. The highest BCUT2D eigenvalue weighted by Gasteiger charge is 2.25. The molecule has 5 rings (SSSR count). The lowest BCUT2D eigenvalue weighted by molar-refractivity contribution is -1.01. The monoisotopic (exact) mass is 405 g/mol. The first-order valence-corrected chi connectivity index (χ1v) is 10.6. The van der Waals surface area contributed by atoms with E-state index in [9.17, 15) is 4.79 Å². The molecule has 0 atom stereocenters. The molecule has 3 aromatic rings. The van der Waals surface area contributed by atoms with Crippen LogP contribution in [0.4, 0.5) is 5.69 Å². The first kappa shape index (κ1) is 18.9. The second kappa shape index (κ2) is 8.34. The molecule has 0 spiro atoms. The van der Waals surface area contributed by atoms with Crippen molar-refractivity contribution in [3.05, 3.63) is 66.2 Å². The summed E-state index contributed by atoms with van der Waals surface area (Å²) >= 11 is 0.